The van der Waals surface area contributed by atoms with Crippen LogP contribution in [0.2, 0.25) is 0 Å². The predicted molar refractivity (Wildman–Crippen MR) is 67.0 cm³/mol. The number of nitrogens with one attached hydrogen (secondary N) is 1. The zero-order valence-corrected chi connectivity index (χ0v) is 10.2. The Labute approximate surface area is 93.9 Å². The molecule has 0 heterocycles. The van der Waals surface area contributed by atoms with Crippen molar-refractivity contribution in [3.05, 3.63) is 35.4 Å². The normalized spacial score (nSPS) is 12.7. The molecule has 1 N–H and O–H groups in total. The average Bonchev–Trinajstić information content (AvgIpc) is 2.28. The minimum Gasteiger partial charge on any atom is -0.310 e. The standard InChI is InChI=1S/C14H23N/c1-4-6-13-7-9-14(10-8-13)11-15-12(3)5-2/h7-10,12,15H,4-6,11H2,1-3H3. The molecule has 1 aromatic rings. The van der Waals surface area contributed by atoms with Gasteiger partial charge >= 0.3 is 0 Å². The largest absolute Gasteiger partial charge is 0.310 e. The van der Waals surface area contributed by atoms with Gasteiger partial charge in [-0.25, -0.2) is 0 Å². The van der Waals surface area contributed by atoms with E-state index < -0.39 is 0 Å². The summed E-state index contributed by atoms with van der Waals surface area (Å²) in [6.45, 7) is 7.65. The van der Waals surface area contributed by atoms with Crippen molar-refractivity contribution in [2.75, 3.05) is 0 Å². The van der Waals surface area contributed by atoms with Gasteiger partial charge in [0.1, 0.15) is 0 Å². The SMILES string of the molecule is CCCc1ccc(CNC(C)CC)cc1. The van der Waals surface area contributed by atoms with E-state index in [1.165, 1.54) is 30.4 Å². The molecule has 0 amide bonds. The molecule has 0 saturated heterocycles. The van der Waals surface area contributed by atoms with E-state index in [-0.39, 0.29) is 0 Å². The Balaban J connectivity index is 2.42. The fourth-order valence-electron chi connectivity index (χ4n) is 1.55. The summed E-state index contributed by atoms with van der Waals surface area (Å²) in [6.07, 6.45) is 3.61. The van der Waals surface area contributed by atoms with Gasteiger partial charge in [-0.1, -0.05) is 44.5 Å². The van der Waals surface area contributed by atoms with Gasteiger partial charge in [-0.3, -0.25) is 0 Å². The Morgan fingerprint density at radius 1 is 1.07 bits per heavy atom. The van der Waals surface area contributed by atoms with Crippen molar-refractivity contribution >= 4 is 0 Å². The van der Waals surface area contributed by atoms with Gasteiger partial charge in [0.25, 0.3) is 0 Å². The number of rotatable bonds is 6. The molecule has 1 rings (SSSR count). The summed E-state index contributed by atoms with van der Waals surface area (Å²) in [4.78, 5) is 0. The fourth-order valence-corrected chi connectivity index (χ4v) is 1.55. The fraction of sp³-hybridized carbons (Fsp3) is 0.571. The zero-order valence-electron chi connectivity index (χ0n) is 10.2. The highest BCUT2D eigenvalue weighted by molar-refractivity contribution is 5.22. The highest BCUT2D eigenvalue weighted by Crippen LogP contribution is 2.06. The number of benzene rings is 1. The van der Waals surface area contributed by atoms with E-state index in [1.54, 1.807) is 0 Å². The lowest BCUT2D eigenvalue weighted by Crippen LogP contribution is -2.24. The molecule has 0 aliphatic carbocycles. The first-order valence-electron chi connectivity index (χ1n) is 6.07. The van der Waals surface area contributed by atoms with Gasteiger partial charge in [0.2, 0.25) is 0 Å². The first kappa shape index (κ1) is 12.3. The monoisotopic (exact) mass is 205 g/mol. The molecule has 1 heteroatoms. The summed E-state index contributed by atoms with van der Waals surface area (Å²) < 4.78 is 0. The third-order valence-corrected chi connectivity index (χ3v) is 2.83. The molecule has 1 unspecified atom stereocenters. The highest BCUT2D eigenvalue weighted by atomic mass is 14.9. The van der Waals surface area contributed by atoms with E-state index >= 15 is 0 Å². The first-order valence-corrected chi connectivity index (χ1v) is 6.07. The molecule has 0 radical (unpaired) electrons. The van der Waals surface area contributed by atoms with Crippen LogP contribution in [0.1, 0.15) is 44.7 Å². The third-order valence-electron chi connectivity index (χ3n) is 2.83. The van der Waals surface area contributed by atoms with Gasteiger partial charge in [0.05, 0.1) is 0 Å². The van der Waals surface area contributed by atoms with Crippen molar-refractivity contribution in [3.8, 4) is 0 Å². The van der Waals surface area contributed by atoms with Gasteiger partial charge in [-0.15, -0.1) is 0 Å². The van der Waals surface area contributed by atoms with Crippen molar-refractivity contribution in [2.24, 2.45) is 0 Å². The maximum atomic E-state index is 3.50. The molecular weight excluding hydrogens is 182 g/mol. The van der Waals surface area contributed by atoms with E-state index in [0.717, 1.165) is 6.54 Å². The van der Waals surface area contributed by atoms with Gasteiger partial charge in [-0.2, -0.15) is 0 Å². The van der Waals surface area contributed by atoms with Gasteiger partial charge in [0, 0.05) is 12.6 Å². The molecule has 0 fully saturated rings. The van der Waals surface area contributed by atoms with Crippen molar-refractivity contribution in [2.45, 2.75) is 52.6 Å². The molecule has 0 aliphatic rings. The Morgan fingerprint density at radius 2 is 1.67 bits per heavy atom. The van der Waals surface area contributed by atoms with Gasteiger partial charge in [-0.05, 0) is 30.9 Å². The van der Waals surface area contributed by atoms with E-state index in [2.05, 4.69) is 50.4 Å². The van der Waals surface area contributed by atoms with Crippen LogP contribution in [0.4, 0.5) is 0 Å². The minimum absolute atomic E-state index is 0.611. The second-order valence-corrected chi connectivity index (χ2v) is 4.26. The molecular formula is C14H23N. The van der Waals surface area contributed by atoms with Crippen LogP contribution >= 0.6 is 0 Å². The van der Waals surface area contributed by atoms with E-state index in [1.807, 2.05) is 0 Å². The Bertz CT molecular complexity index is 263. The molecule has 1 nitrogen and oxygen atoms in total. The number of hydrogen-bond donors (Lipinski definition) is 1. The van der Waals surface area contributed by atoms with Crippen molar-refractivity contribution in [1.82, 2.24) is 5.32 Å². The van der Waals surface area contributed by atoms with Crippen LogP contribution in [-0.2, 0) is 13.0 Å². The zero-order chi connectivity index (χ0) is 11.1. The predicted octanol–water partition coefficient (Wildman–Crippen LogP) is 3.53. The van der Waals surface area contributed by atoms with Crippen LogP contribution in [-0.4, -0.2) is 6.04 Å². The Hall–Kier alpha value is -0.820. The lowest BCUT2D eigenvalue weighted by Gasteiger charge is -2.11. The summed E-state index contributed by atoms with van der Waals surface area (Å²) in [5, 5.41) is 3.50. The maximum Gasteiger partial charge on any atom is 0.0207 e. The van der Waals surface area contributed by atoms with Gasteiger partial charge < -0.3 is 5.32 Å². The molecule has 0 spiro atoms. The second-order valence-electron chi connectivity index (χ2n) is 4.26. The minimum atomic E-state index is 0.611. The topological polar surface area (TPSA) is 12.0 Å². The van der Waals surface area contributed by atoms with Crippen molar-refractivity contribution in [1.29, 1.82) is 0 Å². The smallest absolute Gasteiger partial charge is 0.0207 e. The van der Waals surface area contributed by atoms with Crippen LogP contribution in [0.5, 0.6) is 0 Å². The number of aryl methyl sites for hydroxylation is 1. The molecule has 1 atom stereocenters. The summed E-state index contributed by atoms with van der Waals surface area (Å²) in [5.74, 6) is 0. The third kappa shape index (κ3) is 4.48. The molecule has 0 bridgehead atoms. The van der Waals surface area contributed by atoms with E-state index in [4.69, 9.17) is 0 Å². The highest BCUT2D eigenvalue weighted by Gasteiger charge is 1.98. The lowest BCUT2D eigenvalue weighted by molar-refractivity contribution is 0.534. The molecule has 0 aromatic heterocycles. The summed E-state index contributed by atoms with van der Waals surface area (Å²) in [5.41, 5.74) is 2.83. The summed E-state index contributed by atoms with van der Waals surface area (Å²) in [6, 6.07) is 9.58. The van der Waals surface area contributed by atoms with Crippen LogP contribution in [0.25, 0.3) is 0 Å². The average molecular weight is 205 g/mol. The van der Waals surface area contributed by atoms with E-state index in [0.29, 0.717) is 6.04 Å². The van der Waals surface area contributed by atoms with E-state index in [9.17, 15) is 0 Å². The Morgan fingerprint density at radius 3 is 2.20 bits per heavy atom. The summed E-state index contributed by atoms with van der Waals surface area (Å²) >= 11 is 0. The molecule has 0 saturated carbocycles. The number of hydrogen-bond acceptors (Lipinski definition) is 1. The Kier molecular flexibility index (Phi) is 5.41. The molecule has 1 aromatic carbocycles. The van der Waals surface area contributed by atoms with Crippen LogP contribution in [0.15, 0.2) is 24.3 Å². The van der Waals surface area contributed by atoms with Crippen LogP contribution in [0, 0.1) is 0 Å². The van der Waals surface area contributed by atoms with Crippen LogP contribution < -0.4 is 5.32 Å². The van der Waals surface area contributed by atoms with Crippen molar-refractivity contribution in [3.63, 3.8) is 0 Å². The molecule has 15 heavy (non-hydrogen) atoms. The maximum absolute atomic E-state index is 3.50. The second kappa shape index (κ2) is 6.62. The van der Waals surface area contributed by atoms with Crippen molar-refractivity contribution < 1.29 is 0 Å². The summed E-state index contributed by atoms with van der Waals surface area (Å²) in [7, 11) is 0. The van der Waals surface area contributed by atoms with Gasteiger partial charge in [0.15, 0.2) is 0 Å². The molecule has 0 aliphatic heterocycles. The molecule has 84 valence electrons. The van der Waals surface area contributed by atoms with Crippen LogP contribution in [0.3, 0.4) is 0 Å². The lowest BCUT2D eigenvalue weighted by atomic mass is 10.1. The quantitative estimate of drug-likeness (QED) is 0.749. The first-order chi connectivity index (χ1) is 7.26.